The molecule has 7 heteroatoms. The zero-order chi connectivity index (χ0) is 19.0. The number of imide groups is 1. The Kier molecular flexibility index (Phi) is 3.40. The number of para-hydroxylation sites is 1. The quantitative estimate of drug-likeness (QED) is 0.639. The second-order valence-electron chi connectivity index (χ2n) is 8.40. The number of fused-ring (bicyclic) bond motifs is 4. The molecule has 0 aliphatic carbocycles. The van der Waals surface area contributed by atoms with Gasteiger partial charge in [0.05, 0.1) is 17.9 Å². The van der Waals surface area contributed by atoms with Crippen molar-refractivity contribution in [1.29, 1.82) is 0 Å². The topological polar surface area (TPSA) is 98.7 Å². The maximum absolute atomic E-state index is 13.3. The molecule has 1 spiro atoms. The Labute approximate surface area is 151 Å². The van der Waals surface area contributed by atoms with Crippen LogP contribution in [0.4, 0.5) is 5.69 Å². The third-order valence-corrected chi connectivity index (χ3v) is 5.75. The fraction of sp³-hybridized carbons (Fsp3) is 0.526. The van der Waals surface area contributed by atoms with E-state index < -0.39 is 35.1 Å². The van der Waals surface area contributed by atoms with E-state index in [1.807, 2.05) is 0 Å². The lowest BCUT2D eigenvalue weighted by Crippen LogP contribution is -2.57. The molecule has 7 nitrogen and oxygen atoms in total. The molecule has 3 aliphatic heterocycles. The van der Waals surface area contributed by atoms with Gasteiger partial charge < -0.3 is 10.4 Å². The predicted octanol–water partition coefficient (Wildman–Crippen LogP) is 0.586. The maximum atomic E-state index is 13.3. The van der Waals surface area contributed by atoms with Gasteiger partial charge in [0.25, 0.3) is 0 Å². The highest BCUT2D eigenvalue weighted by Crippen LogP contribution is 2.54. The first-order valence-corrected chi connectivity index (χ1v) is 8.85. The van der Waals surface area contributed by atoms with Gasteiger partial charge in [-0.1, -0.05) is 18.2 Å². The van der Waals surface area contributed by atoms with Crippen LogP contribution >= 0.6 is 0 Å². The first kappa shape index (κ1) is 17.2. The molecule has 0 radical (unpaired) electrons. The first-order chi connectivity index (χ1) is 12.1. The lowest BCUT2D eigenvalue weighted by Gasteiger charge is -2.35. The highest BCUT2D eigenvalue weighted by atomic mass is 16.3. The molecular formula is C19H23N3O4. The van der Waals surface area contributed by atoms with Crippen molar-refractivity contribution in [3.8, 4) is 0 Å². The van der Waals surface area contributed by atoms with Gasteiger partial charge in [-0.2, -0.15) is 0 Å². The zero-order valence-corrected chi connectivity index (χ0v) is 15.2. The molecule has 26 heavy (non-hydrogen) atoms. The molecule has 1 aromatic rings. The Bertz CT molecular complexity index is 828. The molecule has 0 bridgehead atoms. The lowest BCUT2D eigenvalue weighted by atomic mass is 9.76. The number of nitrogens with zero attached hydrogens (tertiary/aromatic N) is 1. The van der Waals surface area contributed by atoms with Crippen molar-refractivity contribution in [3.05, 3.63) is 29.8 Å². The number of hydrogen-bond donors (Lipinski definition) is 3. The Hall–Kier alpha value is -2.25. The summed E-state index contributed by atoms with van der Waals surface area (Å²) in [6.07, 6.45) is -0.890. The van der Waals surface area contributed by atoms with Crippen LogP contribution in [0.1, 0.15) is 33.3 Å². The summed E-state index contributed by atoms with van der Waals surface area (Å²) in [6, 6.07) is 6.49. The number of carbonyl (C=O) groups excluding carboxylic acids is 3. The van der Waals surface area contributed by atoms with Gasteiger partial charge in [0.15, 0.2) is 0 Å². The van der Waals surface area contributed by atoms with Crippen LogP contribution in [-0.2, 0) is 19.9 Å². The van der Waals surface area contributed by atoms with Gasteiger partial charge in [-0.25, -0.2) is 0 Å². The van der Waals surface area contributed by atoms with Crippen LogP contribution in [0.2, 0.25) is 0 Å². The first-order valence-electron chi connectivity index (χ1n) is 8.85. The van der Waals surface area contributed by atoms with Crippen LogP contribution in [0.3, 0.4) is 0 Å². The fourth-order valence-corrected chi connectivity index (χ4v) is 4.76. The summed E-state index contributed by atoms with van der Waals surface area (Å²) in [6.45, 7) is 6.96. The molecule has 2 fully saturated rings. The van der Waals surface area contributed by atoms with E-state index in [0.717, 1.165) is 0 Å². The summed E-state index contributed by atoms with van der Waals surface area (Å²) in [4.78, 5) is 40.8. The molecule has 5 atom stereocenters. The predicted molar refractivity (Wildman–Crippen MR) is 93.9 cm³/mol. The molecule has 0 unspecified atom stereocenters. The fourth-order valence-electron chi connectivity index (χ4n) is 4.76. The van der Waals surface area contributed by atoms with Crippen LogP contribution in [0.15, 0.2) is 24.3 Å². The van der Waals surface area contributed by atoms with Gasteiger partial charge in [0.2, 0.25) is 17.7 Å². The molecule has 2 saturated heterocycles. The molecule has 3 heterocycles. The van der Waals surface area contributed by atoms with Gasteiger partial charge in [-0.3, -0.25) is 24.6 Å². The van der Waals surface area contributed by atoms with E-state index in [1.165, 1.54) is 4.90 Å². The van der Waals surface area contributed by atoms with E-state index in [0.29, 0.717) is 11.3 Å². The van der Waals surface area contributed by atoms with Gasteiger partial charge in [-0.15, -0.1) is 0 Å². The number of amides is 3. The molecule has 0 aromatic heterocycles. The van der Waals surface area contributed by atoms with Crippen LogP contribution < -0.4 is 10.6 Å². The number of nitrogens with one attached hydrogen (secondary N) is 2. The second-order valence-corrected chi connectivity index (χ2v) is 8.40. The summed E-state index contributed by atoms with van der Waals surface area (Å²) < 4.78 is 0. The summed E-state index contributed by atoms with van der Waals surface area (Å²) in [7, 11) is 0. The standard InChI is InChI=1S/C19H23N3O4/c1-9(23)14-12-13(16(25)22(15(12)24)18(2,3)4)19(21-14)10-7-5-6-8-11(10)20-17(19)26/h5-9,12-14,21,23H,1-4H3,(H,20,26)/t9-,12+,13+,14+,19+/m1/s1. The normalized spacial score (nSPS) is 34.3. The number of benzene rings is 1. The Balaban J connectivity index is 1.93. The number of anilines is 1. The minimum atomic E-state index is -1.34. The number of likely N-dealkylation sites (tertiary alicyclic amines) is 1. The largest absolute Gasteiger partial charge is 0.392 e. The van der Waals surface area contributed by atoms with Crippen molar-refractivity contribution >= 4 is 23.4 Å². The van der Waals surface area contributed by atoms with Crippen LogP contribution in [0.25, 0.3) is 0 Å². The number of aliphatic hydroxyl groups is 1. The average Bonchev–Trinajstić information content (AvgIpc) is 3.12. The molecule has 0 saturated carbocycles. The van der Waals surface area contributed by atoms with Gasteiger partial charge >= 0.3 is 0 Å². The van der Waals surface area contributed by atoms with Crippen molar-refractivity contribution in [3.63, 3.8) is 0 Å². The van der Waals surface area contributed by atoms with Gasteiger partial charge in [0, 0.05) is 22.8 Å². The number of carbonyl (C=O) groups is 3. The van der Waals surface area contributed by atoms with Crippen molar-refractivity contribution in [1.82, 2.24) is 10.2 Å². The zero-order valence-electron chi connectivity index (χ0n) is 15.2. The van der Waals surface area contributed by atoms with Crippen molar-refractivity contribution in [2.75, 3.05) is 5.32 Å². The van der Waals surface area contributed by atoms with Crippen molar-refractivity contribution in [2.24, 2.45) is 11.8 Å². The number of aliphatic hydroxyl groups excluding tert-OH is 1. The number of rotatable bonds is 1. The molecule has 1 aromatic carbocycles. The molecular weight excluding hydrogens is 334 g/mol. The Morgan fingerprint density at radius 2 is 1.81 bits per heavy atom. The SMILES string of the molecule is C[C@@H](O)[C@@H]1N[C@]2(C(=O)Nc3ccccc32)[C@@H]2C(=O)N(C(C)(C)C)C(=O)[C@H]12. The second kappa shape index (κ2) is 5.14. The summed E-state index contributed by atoms with van der Waals surface area (Å²) in [5.41, 5.74) is -0.753. The van der Waals surface area contributed by atoms with Crippen LogP contribution in [-0.4, -0.2) is 45.4 Å². The van der Waals surface area contributed by atoms with E-state index in [1.54, 1.807) is 52.0 Å². The average molecular weight is 357 g/mol. The van der Waals surface area contributed by atoms with Gasteiger partial charge in [-0.05, 0) is 33.8 Å². The van der Waals surface area contributed by atoms with E-state index in [-0.39, 0.29) is 17.7 Å². The van der Waals surface area contributed by atoms with Crippen molar-refractivity contribution in [2.45, 2.75) is 50.9 Å². The van der Waals surface area contributed by atoms with Crippen LogP contribution in [0, 0.1) is 11.8 Å². The van der Waals surface area contributed by atoms with E-state index in [4.69, 9.17) is 0 Å². The number of hydrogen-bond acceptors (Lipinski definition) is 5. The van der Waals surface area contributed by atoms with E-state index in [9.17, 15) is 19.5 Å². The monoisotopic (exact) mass is 357 g/mol. The lowest BCUT2D eigenvalue weighted by molar-refractivity contribution is -0.148. The highest BCUT2D eigenvalue weighted by Gasteiger charge is 2.71. The maximum Gasteiger partial charge on any atom is 0.250 e. The summed E-state index contributed by atoms with van der Waals surface area (Å²) in [5.74, 6) is -2.71. The minimum Gasteiger partial charge on any atom is -0.392 e. The summed E-state index contributed by atoms with van der Waals surface area (Å²) in [5, 5.41) is 16.3. The minimum absolute atomic E-state index is 0.333. The smallest absolute Gasteiger partial charge is 0.250 e. The van der Waals surface area contributed by atoms with E-state index in [2.05, 4.69) is 10.6 Å². The third kappa shape index (κ3) is 1.92. The van der Waals surface area contributed by atoms with Crippen LogP contribution in [0.5, 0.6) is 0 Å². The highest BCUT2D eigenvalue weighted by molar-refractivity contribution is 6.15. The van der Waals surface area contributed by atoms with E-state index >= 15 is 0 Å². The molecule has 3 N–H and O–H groups in total. The van der Waals surface area contributed by atoms with Gasteiger partial charge in [0.1, 0.15) is 5.54 Å². The molecule has 3 aliphatic rings. The third-order valence-electron chi connectivity index (χ3n) is 5.75. The molecule has 3 amide bonds. The molecule has 4 rings (SSSR count). The van der Waals surface area contributed by atoms with Crippen molar-refractivity contribution < 1.29 is 19.5 Å². The summed E-state index contributed by atoms with van der Waals surface area (Å²) >= 11 is 0. The Morgan fingerprint density at radius 3 is 2.42 bits per heavy atom. The Morgan fingerprint density at radius 1 is 1.15 bits per heavy atom. The molecule has 138 valence electrons.